The van der Waals surface area contributed by atoms with Gasteiger partial charge in [-0.25, -0.2) is 10.4 Å². The Labute approximate surface area is 271 Å². The van der Waals surface area contributed by atoms with E-state index in [4.69, 9.17) is 24.3 Å². The molecule has 1 heterocycles. The lowest BCUT2D eigenvalue weighted by atomic mass is 9.82. The molecule has 0 spiro atoms. The second kappa shape index (κ2) is 13.9. The minimum absolute atomic E-state index is 0.0614. The molecule has 0 unspecified atom stereocenters. The van der Waals surface area contributed by atoms with E-state index in [1.54, 1.807) is 7.11 Å². The van der Waals surface area contributed by atoms with Gasteiger partial charge in [-0.05, 0) is 77.6 Å². The maximum atomic E-state index is 14.6. The van der Waals surface area contributed by atoms with Gasteiger partial charge in [0, 0.05) is 35.5 Å². The zero-order valence-corrected chi connectivity index (χ0v) is 26.6. The number of ether oxygens (including phenoxy) is 3. The molecule has 232 valence electrons. The molecule has 0 saturated carbocycles. The van der Waals surface area contributed by atoms with Crippen LogP contribution in [0.5, 0.6) is 11.5 Å². The van der Waals surface area contributed by atoms with Crippen molar-refractivity contribution in [2.75, 3.05) is 20.3 Å². The van der Waals surface area contributed by atoms with Crippen molar-refractivity contribution in [1.29, 1.82) is 0 Å². The predicted octanol–water partition coefficient (Wildman–Crippen LogP) is 5.51. The molecule has 6 rings (SSSR count). The summed E-state index contributed by atoms with van der Waals surface area (Å²) in [5, 5.41) is 9.08. The average Bonchev–Trinajstić information content (AvgIpc) is 3.67. The number of fused-ring (bicyclic) bond motifs is 1. The van der Waals surface area contributed by atoms with Crippen LogP contribution >= 0.6 is 15.9 Å². The molecule has 0 saturated heterocycles. The number of hydrogen-bond donors (Lipinski definition) is 3. The number of aliphatic hydroxyl groups excluding tert-OH is 1. The molecule has 4 aromatic rings. The molecule has 2 aliphatic rings. The number of hydrazine groups is 1. The first-order valence-electron chi connectivity index (χ1n) is 15.1. The van der Waals surface area contributed by atoms with Gasteiger partial charge in [-0.15, -0.1) is 0 Å². The van der Waals surface area contributed by atoms with E-state index >= 15 is 0 Å². The molecule has 0 aromatic heterocycles. The monoisotopic (exact) mass is 669 g/mol. The first-order chi connectivity index (χ1) is 22.0. The molecule has 1 aliphatic heterocycles. The fraction of sp³-hybridized carbons (Fsp3) is 0.278. The maximum Gasteiger partial charge on any atom is 0.266 e. The number of rotatable bonds is 12. The molecular weight excluding hydrogens is 634 g/mol. The van der Waals surface area contributed by atoms with Gasteiger partial charge in [0.05, 0.1) is 13.7 Å². The van der Waals surface area contributed by atoms with Crippen molar-refractivity contribution in [2.45, 2.75) is 43.4 Å². The van der Waals surface area contributed by atoms with Crippen LogP contribution < -0.4 is 20.3 Å². The number of carbonyl (C=O) groups excluding carboxylic acids is 1. The lowest BCUT2D eigenvalue weighted by Crippen LogP contribution is -2.56. The van der Waals surface area contributed by atoms with Crippen molar-refractivity contribution >= 4 is 27.7 Å². The smallest absolute Gasteiger partial charge is 0.266 e. The molecule has 2 atom stereocenters. The Morgan fingerprint density at radius 3 is 2.42 bits per heavy atom. The Kier molecular flexibility index (Phi) is 9.49. The Hall–Kier alpha value is -4.18. The van der Waals surface area contributed by atoms with Crippen molar-refractivity contribution < 1.29 is 24.1 Å². The normalized spacial score (nSPS) is 19.0. The van der Waals surface area contributed by atoms with Crippen LogP contribution in [0.15, 0.2) is 107 Å². The number of carbonyl (C=O) groups is 1. The van der Waals surface area contributed by atoms with Crippen LogP contribution in [0, 0.1) is 0 Å². The Morgan fingerprint density at radius 2 is 1.71 bits per heavy atom. The van der Waals surface area contributed by atoms with E-state index in [0.717, 1.165) is 34.0 Å². The third kappa shape index (κ3) is 6.76. The summed E-state index contributed by atoms with van der Waals surface area (Å²) in [4.78, 5) is 19.7. The molecule has 0 fully saturated rings. The van der Waals surface area contributed by atoms with Crippen LogP contribution in [0.4, 0.5) is 0 Å². The number of benzene rings is 4. The van der Waals surface area contributed by atoms with Gasteiger partial charge in [0.25, 0.3) is 5.91 Å². The van der Waals surface area contributed by atoms with Crippen LogP contribution in [0.1, 0.15) is 40.3 Å². The minimum atomic E-state index is -1.36. The van der Waals surface area contributed by atoms with E-state index in [1.807, 2.05) is 84.9 Å². The van der Waals surface area contributed by atoms with Crippen molar-refractivity contribution in [2.24, 2.45) is 4.99 Å². The summed E-state index contributed by atoms with van der Waals surface area (Å²) in [6.07, 6.45) is 1.72. The zero-order chi connectivity index (χ0) is 31.2. The fourth-order valence-electron chi connectivity index (χ4n) is 5.96. The topological polar surface area (TPSA) is 101 Å². The van der Waals surface area contributed by atoms with E-state index in [9.17, 15) is 4.79 Å². The molecular formula is C36H36BrN3O5. The third-order valence-electron chi connectivity index (χ3n) is 8.29. The van der Waals surface area contributed by atoms with Gasteiger partial charge in [-0.2, -0.15) is 0 Å². The molecule has 0 radical (unpaired) electrons. The van der Waals surface area contributed by atoms with Crippen LogP contribution in [-0.2, 0) is 28.8 Å². The lowest BCUT2D eigenvalue weighted by molar-refractivity contribution is -0.130. The first kappa shape index (κ1) is 30.8. The second-order valence-corrected chi connectivity index (χ2v) is 12.2. The largest absolute Gasteiger partial charge is 0.497 e. The van der Waals surface area contributed by atoms with Crippen LogP contribution in [0.25, 0.3) is 0 Å². The lowest BCUT2D eigenvalue weighted by Gasteiger charge is -2.31. The summed E-state index contributed by atoms with van der Waals surface area (Å²) in [6.45, 7) is 0.484. The Morgan fingerprint density at radius 1 is 0.978 bits per heavy atom. The van der Waals surface area contributed by atoms with Crippen molar-refractivity contribution in [1.82, 2.24) is 10.9 Å². The number of methoxy groups -OCH3 is 1. The molecule has 8 nitrogen and oxygen atoms in total. The van der Waals surface area contributed by atoms with Gasteiger partial charge in [0.1, 0.15) is 11.5 Å². The SMILES string of the molecule is COc1cccc([C@@H]2OC(c3ccc(OCCCO)cc3)=N[C@]2(Cc2ccccc2Br)C(=O)NNC2Cc3ccccc3C2)c1. The van der Waals surface area contributed by atoms with Crippen molar-refractivity contribution in [3.8, 4) is 11.5 Å². The molecule has 3 N–H and O–H groups in total. The van der Waals surface area contributed by atoms with Crippen molar-refractivity contribution in [3.05, 3.63) is 129 Å². The first-order valence-corrected chi connectivity index (χ1v) is 15.9. The van der Waals surface area contributed by atoms with Crippen molar-refractivity contribution in [3.63, 3.8) is 0 Å². The summed E-state index contributed by atoms with van der Waals surface area (Å²) in [6, 6.07) is 31.3. The highest BCUT2D eigenvalue weighted by molar-refractivity contribution is 9.10. The van der Waals surface area contributed by atoms with Crippen LogP contribution in [-0.4, -0.2) is 48.8 Å². The van der Waals surface area contributed by atoms with Gasteiger partial charge in [-0.1, -0.05) is 70.5 Å². The predicted molar refractivity (Wildman–Crippen MR) is 176 cm³/mol. The van der Waals surface area contributed by atoms with Crippen LogP contribution in [0.3, 0.4) is 0 Å². The molecule has 1 aliphatic carbocycles. The molecule has 0 bridgehead atoms. The highest BCUT2D eigenvalue weighted by Gasteiger charge is 2.54. The summed E-state index contributed by atoms with van der Waals surface area (Å²) >= 11 is 3.69. The maximum absolute atomic E-state index is 14.6. The standard InChI is InChI=1S/C36H36BrN3O5/c1-43-31-12-6-11-27(22-31)33-36(23-28-10-4-5-13-32(28)37,35(42)40-39-29-20-25-8-2-3-9-26(25)21-29)38-34(45-33)24-14-16-30(17-15-24)44-19-7-18-41/h2-6,8-17,22,29,33,39,41H,7,18-21,23H2,1H3,(H,40,42)/t33-,36-/m0/s1. The quantitative estimate of drug-likeness (QED) is 0.136. The Bertz CT molecular complexity index is 1650. The van der Waals surface area contributed by atoms with Gasteiger partial charge in [0.2, 0.25) is 5.90 Å². The molecule has 9 heteroatoms. The number of aliphatic imine (C=N–C) groups is 1. The third-order valence-corrected chi connectivity index (χ3v) is 9.06. The van der Waals surface area contributed by atoms with E-state index in [-0.39, 0.29) is 25.0 Å². The van der Waals surface area contributed by atoms with E-state index in [2.05, 4.69) is 38.9 Å². The average molecular weight is 671 g/mol. The zero-order valence-electron chi connectivity index (χ0n) is 25.0. The van der Waals surface area contributed by atoms with E-state index in [0.29, 0.717) is 30.4 Å². The summed E-state index contributed by atoms with van der Waals surface area (Å²) in [7, 11) is 1.62. The number of nitrogens with one attached hydrogen (secondary N) is 2. The summed E-state index contributed by atoms with van der Waals surface area (Å²) in [5.41, 5.74) is 10.0. The Balaban J connectivity index is 1.37. The fourth-order valence-corrected chi connectivity index (χ4v) is 6.38. The van der Waals surface area contributed by atoms with Crippen LogP contribution in [0.2, 0.25) is 0 Å². The molecule has 4 aromatic carbocycles. The summed E-state index contributed by atoms with van der Waals surface area (Å²) < 4.78 is 18.8. The minimum Gasteiger partial charge on any atom is -0.497 e. The summed E-state index contributed by atoms with van der Waals surface area (Å²) in [5.74, 6) is 1.40. The van der Waals surface area contributed by atoms with Gasteiger partial charge < -0.3 is 19.3 Å². The molecule has 1 amide bonds. The molecule has 45 heavy (non-hydrogen) atoms. The number of nitrogens with zero attached hydrogens (tertiary/aromatic N) is 1. The number of amides is 1. The second-order valence-electron chi connectivity index (χ2n) is 11.3. The van der Waals surface area contributed by atoms with Gasteiger partial charge >= 0.3 is 0 Å². The van der Waals surface area contributed by atoms with E-state index < -0.39 is 11.6 Å². The highest BCUT2D eigenvalue weighted by atomic mass is 79.9. The number of aliphatic hydroxyl groups is 1. The van der Waals surface area contributed by atoms with Gasteiger partial charge in [-0.3, -0.25) is 10.2 Å². The number of hydrogen-bond acceptors (Lipinski definition) is 7. The highest BCUT2D eigenvalue weighted by Crippen LogP contribution is 2.44. The van der Waals surface area contributed by atoms with Gasteiger partial charge in [0.15, 0.2) is 11.6 Å². The number of halogens is 1. The van der Waals surface area contributed by atoms with E-state index in [1.165, 1.54) is 11.1 Å².